The van der Waals surface area contributed by atoms with Crippen molar-refractivity contribution in [2.24, 2.45) is 0 Å². The van der Waals surface area contributed by atoms with E-state index in [1.807, 2.05) is 29.3 Å². The monoisotopic (exact) mass is 363 g/mol. The number of carbonyl (C=O) groups is 1. The van der Waals surface area contributed by atoms with Crippen LogP contribution in [-0.2, 0) is 0 Å². The fourth-order valence-electron chi connectivity index (χ4n) is 3.46. The summed E-state index contributed by atoms with van der Waals surface area (Å²) in [4.78, 5) is 14.3. The van der Waals surface area contributed by atoms with Crippen LogP contribution in [0.15, 0.2) is 42.9 Å². The number of nitrogens with zero attached hydrogens (tertiary/aromatic N) is 8. The molecule has 5 rings (SSSR count). The summed E-state index contributed by atoms with van der Waals surface area (Å²) in [6.07, 6.45) is 6.77. The third-order valence-electron chi connectivity index (χ3n) is 4.89. The topological polar surface area (TPSA) is 110 Å². The van der Waals surface area contributed by atoms with Crippen molar-refractivity contribution in [2.45, 2.75) is 18.8 Å². The Hall–Kier alpha value is -3.56. The smallest absolute Gasteiger partial charge is 0.271 e. The second-order valence-electron chi connectivity index (χ2n) is 6.51. The molecule has 0 bridgehead atoms. The van der Waals surface area contributed by atoms with Crippen molar-refractivity contribution in [3.63, 3.8) is 0 Å². The highest BCUT2D eigenvalue weighted by Gasteiger charge is 2.28. The zero-order valence-electron chi connectivity index (χ0n) is 14.4. The molecule has 10 nitrogen and oxygen atoms in total. The Morgan fingerprint density at radius 1 is 1.11 bits per heavy atom. The first-order valence-corrected chi connectivity index (χ1v) is 8.80. The quantitative estimate of drug-likeness (QED) is 0.583. The molecule has 1 fully saturated rings. The predicted octanol–water partition coefficient (Wildman–Crippen LogP) is 1.05. The summed E-state index contributed by atoms with van der Waals surface area (Å²) < 4.78 is 3.49. The largest absolute Gasteiger partial charge is 0.337 e. The second kappa shape index (κ2) is 6.31. The molecule has 0 atom stereocenters. The number of hydrogen-bond donors (Lipinski definition) is 1. The van der Waals surface area contributed by atoms with Crippen LogP contribution in [0.2, 0.25) is 0 Å². The summed E-state index contributed by atoms with van der Waals surface area (Å²) in [5.74, 6) is 1.72. The number of nitrogens with one attached hydrogen (secondary N) is 1. The third kappa shape index (κ3) is 2.75. The molecule has 5 heterocycles. The Morgan fingerprint density at radius 3 is 2.74 bits per heavy atom. The fraction of sp³-hybridized carbons (Fsp3) is 0.294. The predicted molar refractivity (Wildman–Crippen MR) is 94.4 cm³/mol. The van der Waals surface area contributed by atoms with Crippen LogP contribution in [0.1, 0.15) is 35.1 Å². The molecule has 1 aliphatic rings. The van der Waals surface area contributed by atoms with E-state index in [0.717, 1.165) is 18.7 Å². The van der Waals surface area contributed by atoms with E-state index in [2.05, 4.69) is 30.6 Å². The van der Waals surface area contributed by atoms with Gasteiger partial charge in [-0.05, 0) is 37.1 Å². The van der Waals surface area contributed by atoms with Crippen molar-refractivity contribution in [2.75, 3.05) is 13.1 Å². The van der Waals surface area contributed by atoms with Crippen LogP contribution in [0.5, 0.6) is 0 Å². The van der Waals surface area contributed by atoms with Crippen LogP contribution in [0.4, 0.5) is 0 Å². The van der Waals surface area contributed by atoms with Gasteiger partial charge in [0.25, 0.3) is 5.91 Å². The lowest BCUT2D eigenvalue weighted by atomic mass is 9.96. The van der Waals surface area contributed by atoms with Crippen molar-refractivity contribution >= 4 is 11.6 Å². The van der Waals surface area contributed by atoms with Gasteiger partial charge in [-0.3, -0.25) is 9.89 Å². The number of piperidine rings is 1. The molecule has 4 aromatic rings. The van der Waals surface area contributed by atoms with E-state index in [1.165, 1.54) is 0 Å². The lowest BCUT2D eigenvalue weighted by molar-refractivity contribution is 0.0704. The maximum atomic E-state index is 12.4. The van der Waals surface area contributed by atoms with Gasteiger partial charge in [0.05, 0.1) is 0 Å². The molecule has 1 amide bonds. The van der Waals surface area contributed by atoms with Crippen LogP contribution in [-0.4, -0.2) is 63.7 Å². The number of fused-ring (bicyclic) bond motifs is 1. The molecule has 0 spiro atoms. The van der Waals surface area contributed by atoms with E-state index in [0.29, 0.717) is 30.2 Å². The minimum Gasteiger partial charge on any atom is -0.337 e. The number of aromatic nitrogens is 8. The minimum absolute atomic E-state index is 0.0175. The molecular weight excluding hydrogens is 346 g/mol. The molecule has 1 saturated heterocycles. The Kier molecular flexibility index (Phi) is 3.66. The lowest BCUT2D eigenvalue weighted by Crippen LogP contribution is -2.38. The maximum absolute atomic E-state index is 12.4. The van der Waals surface area contributed by atoms with E-state index in [-0.39, 0.29) is 11.8 Å². The van der Waals surface area contributed by atoms with Crippen LogP contribution in [0.25, 0.3) is 11.5 Å². The summed E-state index contributed by atoms with van der Waals surface area (Å²) >= 11 is 0. The van der Waals surface area contributed by atoms with Gasteiger partial charge in [-0.2, -0.15) is 14.7 Å². The number of hydrogen-bond acceptors (Lipinski definition) is 6. The van der Waals surface area contributed by atoms with Gasteiger partial charge in [0, 0.05) is 37.6 Å². The van der Waals surface area contributed by atoms with Gasteiger partial charge < -0.3 is 4.90 Å². The molecule has 0 unspecified atom stereocenters. The van der Waals surface area contributed by atoms with E-state index in [9.17, 15) is 4.79 Å². The van der Waals surface area contributed by atoms with Crippen molar-refractivity contribution in [3.05, 3.63) is 54.4 Å². The normalized spacial score (nSPS) is 15.5. The van der Waals surface area contributed by atoms with E-state index >= 15 is 0 Å². The molecule has 4 aromatic heterocycles. The van der Waals surface area contributed by atoms with Crippen LogP contribution < -0.4 is 0 Å². The van der Waals surface area contributed by atoms with Gasteiger partial charge in [-0.1, -0.05) is 0 Å². The third-order valence-corrected chi connectivity index (χ3v) is 4.89. The Morgan fingerprint density at radius 2 is 2.00 bits per heavy atom. The van der Waals surface area contributed by atoms with Crippen LogP contribution in [0, 0.1) is 0 Å². The molecule has 10 heteroatoms. The van der Waals surface area contributed by atoms with E-state index in [4.69, 9.17) is 0 Å². The highest BCUT2D eigenvalue weighted by atomic mass is 16.2. The second-order valence-corrected chi connectivity index (χ2v) is 6.51. The summed E-state index contributed by atoms with van der Waals surface area (Å²) in [6, 6.07) is 7.30. The first kappa shape index (κ1) is 15.7. The van der Waals surface area contributed by atoms with Crippen molar-refractivity contribution in [1.82, 2.24) is 44.7 Å². The number of H-pyrrole nitrogens is 1. The van der Waals surface area contributed by atoms with Crippen molar-refractivity contribution in [1.29, 1.82) is 0 Å². The summed E-state index contributed by atoms with van der Waals surface area (Å²) in [6.45, 7) is 1.33. The molecule has 27 heavy (non-hydrogen) atoms. The van der Waals surface area contributed by atoms with Gasteiger partial charge in [0.15, 0.2) is 17.3 Å². The number of amides is 1. The molecule has 136 valence electrons. The summed E-state index contributed by atoms with van der Waals surface area (Å²) in [5, 5.41) is 24.0. The van der Waals surface area contributed by atoms with E-state index < -0.39 is 0 Å². The number of carbonyl (C=O) groups excluding carboxylic acids is 1. The first-order chi connectivity index (χ1) is 13.3. The van der Waals surface area contributed by atoms with Gasteiger partial charge in [-0.15, -0.1) is 15.3 Å². The maximum Gasteiger partial charge on any atom is 0.271 e. The number of rotatable bonds is 3. The highest BCUT2D eigenvalue weighted by molar-refractivity contribution is 5.92. The minimum atomic E-state index is -0.0175. The average molecular weight is 363 g/mol. The highest BCUT2D eigenvalue weighted by Crippen LogP contribution is 2.27. The van der Waals surface area contributed by atoms with Gasteiger partial charge in [0.2, 0.25) is 0 Å². The zero-order valence-corrected chi connectivity index (χ0v) is 14.4. The lowest BCUT2D eigenvalue weighted by Gasteiger charge is -2.30. The number of likely N-dealkylation sites (tertiary alicyclic amines) is 1. The first-order valence-electron chi connectivity index (χ1n) is 8.80. The molecular formula is C17H17N9O. The summed E-state index contributed by atoms with van der Waals surface area (Å²) in [5.41, 5.74) is 1.23. The van der Waals surface area contributed by atoms with Crippen LogP contribution in [0.3, 0.4) is 0 Å². The number of aromatic amines is 1. The van der Waals surface area contributed by atoms with Gasteiger partial charge >= 0.3 is 0 Å². The summed E-state index contributed by atoms with van der Waals surface area (Å²) in [7, 11) is 0. The molecule has 0 aromatic carbocycles. The Labute approximate surface area is 153 Å². The van der Waals surface area contributed by atoms with E-state index in [1.54, 1.807) is 27.7 Å². The molecule has 0 radical (unpaired) electrons. The molecule has 0 saturated carbocycles. The molecule has 1 aliphatic heterocycles. The Bertz CT molecular complexity index is 1060. The standard InChI is InChI=1S/C17H17N9O/c27-17(13-4-8-18-20-13)24-10-5-12(6-11-24)16-22-21-14-2-3-15(23-26(14)16)25-9-1-7-19-25/h1-4,7-9,12H,5-6,10-11H2,(H,18,20). The zero-order chi connectivity index (χ0) is 18.2. The van der Waals surface area contributed by atoms with Crippen molar-refractivity contribution < 1.29 is 4.79 Å². The average Bonchev–Trinajstić information content (AvgIpc) is 3.48. The van der Waals surface area contributed by atoms with Crippen LogP contribution >= 0.6 is 0 Å². The SMILES string of the molecule is O=C(c1ccn[nH]1)N1CCC(c2nnc3ccc(-n4cccn4)nn23)CC1. The molecule has 0 aliphatic carbocycles. The van der Waals surface area contributed by atoms with Crippen molar-refractivity contribution in [3.8, 4) is 5.82 Å². The molecule has 1 N–H and O–H groups in total. The van der Waals surface area contributed by atoms with Gasteiger partial charge in [-0.25, -0.2) is 4.68 Å². The Balaban J connectivity index is 1.37. The fourth-order valence-corrected chi connectivity index (χ4v) is 3.46. The van der Waals surface area contributed by atoms with Gasteiger partial charge in [0.1, 0.15) is 5.69 Å².